The lowest BCUT2D eigenvalue weighted by Gasteiger charge is -2.34. The maximum Gasteiger partial charge on any atom is 0.417 e. The molecule has 1 aliphatic carbocycles. The van der Waals surface area contributed by atoms with Crippen molar-refractivity contribution < 1.29 is 31.8 Å². The molecule has 2 bridgehead atoms. The van der Waals surface area contributed by atoms with E-state index in [9.17, 15) is 22.7 Å². The Morgan fingerprint density at radius 1 is 1.07 bits per heavy atom. The zero-order chi connectivity index (χ0) is 30.1. The van der Waals surface area contributed by atoms with Crippen LogP contribution < -0.4 is 20.7 Å². The molecule has 8 nitrogen and oxygen atoms in total. The van der Waals surface area contributed by atoms with Crippen LogP contribution in [0.5, 0.6) is 6.01 Å². The van der Waals surface area contributed by atoms with Crippen LogP contribution in [0.2, 0.25) is 0 Å². The molecule has 4 aromatic rings. The number of nitrogen functional groups attached to an aromatic ring is 1. The Morgan fingerprint density at radius 2 is 1.79 bits per heavy atom. The van der Waals surface area contributed by atoms with E-state index in [1.807, 2.05) is 4.90 Å². The van der Waals surface area contributed by atoms with Gasteiger partial charge < -0.3 is 25.8 Å². The molecule has 3 aliphatic rings. The number of thiazole rings is 1. The fourth-order valence-corrected chi connectivity index (χ4v) is 7.60. The first-order valence-corrected chi connectivity index (χ1v) is 15.1. The van der Waals surface area contributed by atoms with E-state index in [-0.39, 0.29) is 68.9 Å². The molecule has 228 valence electrons. The smallest absolute Gasteiger partial charge is 0.417 e. The third-order valence-electron chi connectivity index (χ3n) is 9.00. The largest absolute Gasteiger partial charge is 0.463 e. The number of benzene rings is 2. The summed E-state index contributed by atoms with van der Waals surface area (Å²) in [7, 11) is 0. The first kappa shape index (κ1) is 28.4. The van der Waals surface area contributed by atoms with E-state index in [1.54, 1.807) is 0 Å². The van der Waals surface area contributed by atoms with Crippen LogP contribution in [0, 0.1) is 17.0 Å². The first-order valence-electron chi connectivity index (χ1n) is 14.3. The van der Waals surface area contributed by atoms with Crippen molar-refractivity contribution in [2.24, 2.45) is 5.41 Å². The normalized spacial score (nSPS) is 21.8. The van der Waals surface area contributed by atoms with Crippen molar-refractivity contribution in [3.63, 3.8) is 0 Å². The minimum Gasteiger partial charge on any atom is -0.463 e. The lowest BCUT2D eigenvalue weighted by molar-refractivity contribution is -0.137. The number of nitrogens with two attached hydrogens (primary N) is 1. The quantitative estimate of drug-likeness (QED) is 0.237. The van der Waals surface area contributed by atoms with Crippen molar-refractivity contribution in [1.29, 1.82) is 0 Å². The number of aliphatic hydroxyl groups is 1. The van der Waals surface area contributed by atoms with Gasteiger partial charge in [0.05, 0.1) is 29.0 Å². The average Bonchev–Trinajstić information content (AvgIpc) is 3.70. The number of fused-ring (bicyclic) bond motifs is 4. The summed E-state index contributed by atoms with van der Waals surface area (Å²) in [5.74, 6) is -1.81. The number of rotatable bonds is 6. The third kappa shape index (κ3) is 4.92. The van der Waals surface area contributed by atoms with Crippen molar-refractivity contribution in [1.82, 2.24) is 20.3 Å². The monoisotopic (exact) mass is 620 g/mol. The summed E-state index contributed by atoms with van der Waals surface area (Å²) in [5.41, 5.74) is 2.48. The Morgan fingerprint density at radius 3 is 2.47 bits per heavy atom. The molecule has 0 amide bonds. The van der Waals surface area contributed by atoms with Crippen molar-refractivity contribution in [3.8, 4) is 17.1 Å². The van der Waals surface area contributed by atoms with Crippen LogP contribution >= 0.6 is 11.3 Å². The SMILES string of the molecule is Nc1nc2c(-c3c(C(F)(F)F)cc4c(N5CC6CCC(C5)N6)nc(OCC5(CO)CCCC5)nc4c3F)ccc(F)c2s1. The average molecular weight is 621 g/mol. The molecule has 3 fully saturated rings. The molecule has 1 saturated carbocycles. The summed E-state index contributed by atoms with van der Waals surface area (Å²) < 4.78 is 81.3. The molecule has 2 atom stereocenters. The second-order valence-electron chi connectivity index (χ2n) is 11.9. The molecular formula is C29H29F5N6O2S. The number of hydrogen-bond donors (Lipinski definition) is 3. The highest BCUT2D eigenvalue weighted by molar-refractivity contribution is 7.22. The van der Waals surface area contributed by atoms with Crippen LogP contribution in [-0.2, 0) is 6.18 Å². The topological polar surface area (TPSA) is 109 Å². The maximum absolute atomic E-state index is 16.7. The van der Waals surface area contributed by atoms with Gasteiger partial charge in [0.2, 0.25) is 0 Å². The van der Waals surface area contributed by atoms with Crippen LogP contribution in [0.25, 0.3) is 32.2 Å². The Bertz CT molecular complexity index is 1710. The fourth-order valence-electron chi connectivity index (χ4n) is 6.84. The van der Waals surface area contributed by atoms with Crippen LogP contribution in [-0.4, -0.2) is 58.4 Å². The van der Waals surface area contributed by atoms with Crippen LogP contribution in [0.3, 0.4) is 0 Å². The number of ether oxygens (including phenoxy) is 1. The van der Waals surface area contributed by atoms with Gasteiger partial charge in [-0.3, -0.25) is 0 Å². The van der Waals surface area contributed by atoms with E-state index >= 15 is 4.39 Å². The minimum atomic E-state index is -4.97. The van der Waals surface area contributed by atoms with Crippen molar-refractivity contribution in [3.05, 3.63) is 35.4 Å². The van der Waals surface area contributed by atoms with Gasteiger partial charge in [0, 0.05) is 47.1 Å². The van der Waals surface area contributed by atoms with E-state index < -0.39 is 34.4 Å². The first-order chi connectivity index (χ1) is 20.5. The van der Waals surface area contributed by atoms with Gasteiger partial charge in [-0.2, -0.15) is 23.1 Å². The van der Waals surface area contributed by atoms with E-state index in [4.69, 9.17) is 10.5 Å². The van der Waals surface area contributed by atoms with E-state index in [0.29, 0.717) is 13.1 Å². The molecule has 2 aromatic heterocycles. The van der Waals surface area contributed by atoms with Gasteiger partial charge in [0.15, 0.2) is 10.9 Å². The fraction of sp³-hybridized carbons (Fsp3) is 0.483. The van der Waals surface area contributed by atoms with Crippen LogP contribution in [0.15, 0.2) is 18.2 Å². The maximum atomic E-state index is 16.7. The number of halogens is 5. The van der Waals surface area contributed by atoms with Gasteiger partial charge in [0.1, 0.15) is 17.2 Å². The summed E-state index contributed by atoms with van der Waals surface area (Å²) in [6.45, 7) is 0.945. The van der Waals surface area contributed by atoms with Gasteiger partial charge in [0.25, 0.3) is 0 Å². The molecule has 14 heteroatoms. The van der Waals surface area contributed by atoms with Gasteiger partial charge in [-0.1, -0.05) is 24.2 Å². The highest BCUT2D eigenvalue weighted by Crippen LogP contribution is 2.46. The number of alkyl halides is 3. The van der Waals surface area contributed by atoms with Gasteiger partial charge in [-0.05, 0) is 43.9 Å². The minimum absolute atomic E-state index is 0.0607. The van der Waals surface area contributed by atoms with E-state index in [1.165, 1.54) is 0 Å². The Labute approximate surface area is 247 Å². The summed E-state index contributed by atoms with van der Waals surface area (Å²) in [5, 5.41) is 13.4. The summed E-state index contributed by atoms with van der Waals surface area (Å²) >= 11 is 0.770. The molecule has 2 aromatic carbocycles. The third-order valence-corrected chi connectivity index (χ3v) is 9.89. The molecule has 4 heterocycles. The highest BCUT2D eigenvalue weighted by Gasteiger charge is 2.40. The highest BCUT2D eigenvalue weighted by atomic mass is 32.1. The summed E-state index contributed by atoms with van der Waals surface area (Å²) in [6, 6.07) is 2.99. The zero-order valence-corrected chi connectivity index (χ0v) is 23.8. The molecule has 2 unspecified atom stereocenters. The number of aromatic nitrogens is 3. The second kappa shape index (κ2) is 10.4. The molecule has 2 saturated heterocycles. The predicted octanol–water partition coefficient (Wildman–Crippen LogP) is 5.66. The lowest BCUT2D eigenvalue weighted by atomic mass is 9.88. The zero-order valence-electron chi connectivity index (χ0n) is 23.0. The number of piperazine rings is 1. The number of anilines is 2. The molecule has 0 radical (unpaired) electrons. The molecule has 2 aliphatic heterocycles. The Hall–Kier alpha value is -3.36. The van der Waals surface area contributed by atoms with E-state index in [2.05, 4.69) is 20.3 Å². The second-order valence-corrected chi connectivity index (χ2v) is 12.9. The molecule has 0 spiro atoms. The van der Waals surface area contributed by atoms with Gasteiger partial charge >= 0.3 is 12.2 Å². The number of aliphatic hydroxyl groups excluding tert-OH is 1. The van der Waals surface area contributed by atoms with Crippen LogP contribution in [0.1, 0.15) is 44.1 Å². The lowest BCUT2D eigenvalue weighted by Crippen LogP contribution is -2.51. The molecular weight excluding hydrogens is 591 g/mol. The van der Waals surface area contributed by atoms with Crippen molar-refractivity contribution in [2.45, 2.75) is 56.8 Å². The summed E-state index contributed by atoms with van der Waals surface area (Å²) in [4.78, 5) is 14.8. The molecule has 7 rings (SSSR count). The predicted molar refractivity (Wildman–Crippen MR) is 153 cm³/mol. The van der Waals surface area contributed by atoms with Crippen molar-refractivity contribution >= 4 is 43.4 Å². The van der Waals surface area contributed by atoms with Crippen LogP contribution in [0.4, 0.5) is 32.9 Å². The van der Waals surface area contributed by atoms with Gasteiger partial charge in [-0.25, -0.2) is 13.8 Å². The number of hydrogen-bond acceptors (Lipinski definition) is 9. The van der Waals surface area contributed by atoms with E-state index in [0.717, 1.165) is 68.1 Å². The number of nitrogens with zero attached hydrogens (tertiary/aromatic N) is 4. The van der Waals surface area contributed by atoms with Gasteiger partial charge in [-0.15, -0.1) is 0 Å². The molecule has 4 N–H and O–H groups in total. The standard InChI is InChI=1S/C29H29F5N6O2S/c30-19-6-5-16(23-24(19)43-26(35)37-23)20-18(29(32,33)34)9-17-22(21(20)31)38-27(42-13-28(12-41)7-1-2-8-28)39-25(17)40-10-14-3-4-15(11-40)36-14/h5-6,9,14-15,36,41H,1-4,7-8,10-13H2,(H2,35,37). The molecule has 43 heavy (non-hydrogen) atoms. The Balaban J connectivity index is 1.45. The number of nitrogens with one attached hydrogen (secondary N) is 1. The summed E-state index contributed by atoms with van der Waals surface area (Å²) in [6.07, 6.45) is 0.210. The van der Waals surface area contributed by atoms with Crippen molar-refractivity contribution in [2.75, 3.05) is 36.9 Å². The Kier molecular flexibility index (Phi) is 6.86.